The molecular weight excluding hydrogens is 250 g/mol. The van der Waals surface area contributed by atoms with Gasteiger partial charge in [0.15, 0.2) is 0 Å². The Morgan fingerprint density at radius 1 is 1.33 bits per heavy atom. The highest BCUT2D eigenvalue weighted by atomic mass is 32.2. The molecule has 0 fully saturated rings. The van der Waals surface area contributed by atoms with Crippen LogP contribution in [0.2, 0.25) is 0 Å². The number of benzene rings is 1. The molecule has 5 N–H and O–H groups in total. The number of sulfonamides is 1. The fraction of sp³-hybridized carbons (Fsp3) is 0.500. The van der Waals surface area contributed by atoms with Crippen LogP contribution in [0.1, 0.15) is 33.6 Å². The van der Waals surface area contributed by atoms with E-state index in [1.165, 1.54) is 6.07 Å². The molecule has 0 heterocycles. The predicted molar refractivity (Wildman–Crippen MR) is 74.8 cm³/mol. The molecule has 0 aliphatic rings. The molecule has 0 atom stereocenters. The van der Waals surface area contributed by atoms with Gasteiger partial charge in [0.1, 0.15) is 4.90 Å². The number of nitrogens with one attached hydrogen (secondary N) is 1. The molecule has 18 heavy (non-hydrogen) atoms. The summed E-state index contributed by atoms with van der Waals surface area (Å²) in [5.74, 6) is 0. The standard InChI is InChI=1S/C12H21N3O2S/c1-4-7-12(2,3)15-10-6-5-9(13)8-11(10)18(14,16)17/h5-6,8,15H,4,7,13H2,1-3H3,(H2,14,16,17). The smallest absolute Gasteiger partial charge is 0.240 e. The molecule has 0 aromatic heterocycles. The van der Waals surface area contributed by atoms with Gasteiger partial charge in [0, 0.05) is 11.2 Å². The first-order chi connectivity index (χ1) is 8.15. The number of primary sulfonamides is 1. The van der Waals surface area contributed by atoms with Gasteiger partial charge in [-0.05, 0) is 38.5 Å². The molecule has 0 aliphatic carbocycles. The Hall–Kier alpha value is -1.27. The summed E-state index contributed by atoms with van der Waals surface area (Å²) in [4.78, 5) is 0.0340. The van der Waals surface area contributed by atoms with Gasteiger partial charge < -0.3 is 11.1 Å². The topological polar surface area (TPSA) is 98.2 Å². The Morgan fingerprint density at radius 3 is 2.44 bits per heavy atom. The summed E-state index contributed by atoms with van der Waals surface area (Å²) in [7, 11) is -3.79. The van der Waals surface area contributed by atoms with E-state index < -0.39 is 10.0 Å². The fourth-order valence-electron chi connectivity index (χ4n) is 1.93. The lowest BCUT2D eigenvalue weighted by molar-refractivity contribution is 0.509. The number of rotatable bonds is 5. The van der Waals surface area contributed by atoms with E-state index in [4.69, 9.17) is 10.9 Å². The van der Waals surface area contributed by atoms with Crippen LogP contribution in [-0.2, 0) is 10.0 Å². The van der Waals surface area contributed by atoms with Crippen LogP contribution in [0.3, 0.4) is 0 Å². The SMILES string of the molecule is CCCC(C)(C)Nc1ccc(N)cc1S(N)(=O)=O. The lowest BCUT2D eigenvalue weighted by atomic mass is 9.98. The van der Waals surface area contributed by atoms with Crippen molar-refractivity contribution in [1.29, 1.82) is 0 Å². The van der Waals surface area contributed by atoms with Crippen molar-refractivity contribution >= 4 is 21.4 Å². The van der Waals surface area contributed by atoms with Crippen LogP contribution in [0.5, 0.6) is 0 Å². The van der Waals surface area contributed by atoms with Gasteiger partial charge in [0.05, 0.1) is 5.69 Å². The quantitative estimate of drug-likeness (QED) is 0.712. The van der Waals surface area contributed by atoms with E-state index in [-0.39, 0.29) is 10.4 Å². The highest BCUT2D eigenvalue weighted by molar-refractivity contribution is 7.89. The molecule has 0 saturated carbocycles. The monoisotopic (exact) mass is 271 g/mol. The third-order valence-electron chi connectivity index (χ3n) is 2.66. The molecule has 1 rings (SSSR count). The number of nitrogens with two attached hydrogens (primary N) is 2. The van der Waals surface area contributed by atoms with Gasteiger partial charge in [-0.3, -0.25) is 0 Å². The molecule has 0 saturated heterocycles. The van der Waals surface area contributed by atoms with E-state index in [0.29, 0.717) is 11.4 Å². The molecule has 0 radical (unpaired) electrons. The first kappa shape index (κ1) is 14.8. The van der Waals surface area contributed by atoms with Crippen molar-refractivity contribution < 1.29 is 8.42 Å². The van der Waals surface area contributed by atoms with Gasteiger partial charge in [-0.25, -0.2) is 13.6 Å². The molecule has 102 valence electrons. The largest absolute Gasteiger partial charge is 0.399 e. The number of hydrogen-bond acceptors (Lipinski definition) is 4. The highest BCUT2D eigenvalue weighted by Gasteiger charge is 2.21. The van der Waals surface area contributed by atoms with Gasteiger partial charge in [0.25, 0.3) is 0 Å². The van der Waals surface area contributed by atoms with Crippen molar-refractivity contribution in [2.24, 2.45) is 5.14 Å². The van der Waals surface area contributed by atoms with E-state index in [0.717, 1.165) is 12.8 Å². The van der Waals surface area contributed by atoms with Gasteiger partial charge in [-0.15, -0.1) is 0 Å². The van der Waals surface area contributed by atoms with Crippen LogP contribution in [0, 0.1) is 0 Å². The predicted octanol–water partition coefficient (Wildman–Crippen LogP) is 1.91. The minimum atomic E-state index is -3.79. The lowest BCUT2D eigenvalue weighted by Gasteiger charge is -2.28. The molecule has 1 aromatic rings. The second-order valence-corrected chi connectivity index (χ2v) is 6.59. The van der Waals surface area contributed by atoms with Crippen LogP contribution < -0.4 is 16.2 Å². The Morgan fingerprint density at radius 2 is 1.94 bits per heavy atom. The summed E-state index contributed by atoms with van der Waals surface area (Å²) in [6.45, 7) is 6.10. The third kappa shape index (κ3) is 3.89. The van der Waals surface area contributed by atoms with E-state index in [9.17, 15) is 8.42 Å². The summed E-state index contributed by atoms with van der Waals surface area (Å²) in [5, 5.41) is 8.40. The van der Waals surface area contributed by atoms with Gasteiger partial charge in [-0.1, -0.05) is 13.3 Å². The summed E-state index contributed by atoms with van der Waals surface area (Å²) in [6, 6.07) is 4.67. The Balaban J connectivity index is 3.18. The van der Waals surface area contributed by atoms with Gasteiger partial charge >= 0.3 is 0 Å². The average molecular weight is 271 g/mol. The molecule has 0 amide bonds. The van der Waals surface area contributed by atoms with Crippen molar-refractivity contribution in [2.45, 2.75) is 44.0 Å². The Kier molecular flexibility index (Phi) is 4.24. The summed E-state index contributed by atoms with van der Waals surface area (Å²) < 4.78 is 23.1. The molecule has 0 aliphatic heterocycles. The molecular formula is C12H21N3O2S. The second kappa shape index (κ2) is 5.16. The third-order valence-corrected chi connectivity index (χ3v) is 3.61. The molecule has 0 bridgehead atoms. The average Bonchev–Trinajstić information content (AvgIpc) is 2.18. The highest BCUT2D eigenvalue weighted by Crippen LogP contribution is 2.27. The zero-order chi connectivity index (χ0) is 14.0. The van der Waals surface area contributed by atoms with E-state index in [1.54, 1.807) is 12.1 Å². The summed E-state index contributed by atoms with van der Waals surface area (Å²) in [6.07, 6.45) is 1.92. The Labute approximate surface area is 109 Å². The lowest BCUT2D eigenvalue weighted by Crippen LogP contribution is -2.31. The minimum absolute atomic E-state index is 0.0340. The zero-order valence-electron chi connectivity index (χ0n) is 11.0. The maximum absolute atomic E-state index is 11.5. The molecule has 5 nitrogen and oxygen atoms in total. The van der Waals surface area contributed by atoms with Crippen molar-refractivity contribution in [3.8, 4) is 0 Å². The van der Waals surface area contributed by atoms with Crippen molar-refractivity contribution in [1.82, 2.24) is 0 Å². The van der Waals surface area contributed by atoms with Crippen molar-refractivity contribution in [3.05, 3.63) is 18.2 Å². The normalized spacial score (nSPS) is 12.4. The van der Waals surface area contributed by atoms with Crippen LogP contribution in [-0.4, -0.2) is 14.0 Å². The van der Waals surface area contributed by atoms with Crippen LogP contribution in [0.25, 0.3) is 0 Å². The maximum Gasteiger partial charge on any atom is 0.240 e. The zero-order valence-corrected chi connectivity index (χ0v) is 11.8. The second-order valence-electron chi connectivity index (χ2n) is 5.06. The Bertz CT molecular complexity index is 524. The van der Waals surface area contributed by atoms with Crippen LogP contribution in [0.15, 0.2) is 23.1 Å². The van der Waals surface area contributed by atoms with E-state index in [1.807, 2.05) is 13.8 Å². The molecule has 0 unspecified atom stereocenters. The van der Waals surface area contributed by atoms with Gasteiger partial charge in [-0.2, -0.15) is 0 Å². The first-order valence-corrected chi connectivity index (χ1v) is 7.41. The first-order valence-electron chi connectivity index (χ1n) is 5.86. The summed E-state index contributed by atoms with van der Waals surface area (Å²) in [5.41, 5.74) is 6.26. The van der Waals surface area contributed by atoms with Crippen LogP contribution in [0.4, 0.5) is 11.4 Å². The molecule has 6 heteroatoms. The number of anilines is 2. The maximum atomic E-state index is 11.5. The van der Waals surface area contributed by atoms with Crippen LogP contribution >= 0.6 is 0 Å². The minimum Gasteiger partial charge on any atom is -0.399 e. The molecule has 0 spiro atoms. The number of hydrogen-bond donors (Lipinski definition) is 3. The van der Waals surface area contributed by atoms with E-state index >= 15 is 0 Å². The molecule has 1 aromatic carbocycles. The number of nitrogen functional groups attached to an aromatic ring is 1. The fourth-order valence-corrected chi connectivity index (χ4v) is 2.66. The van der Waals surface area contributed by atoms with Crippen molar-refractivity contribution in [3.63, 3.8) is 0 Å². The summed E-state index contributed by atoms with van der Waals surface area (Å²) >= 11 is 0. The van der Waals surface area contributed by atoms with Crippen molar-refractivity contribution in [2.75, 3.05) is 11.1 Å². The van der Waals surface area contributed by atoms with Gasteiger partial charge in [0.2, 0.25) is 10.0 Å². The van der Waals surface area contributed by atoms with E-state index in [2.05, 4.69) is 12.2 Å².